The maximum atomic E-state index is 9.55. The third-order valence-electron chi connectivity index (χ3n) is 6.58. The number of benzene rings is 2. The summed E-state index contributed by atoms with van der Waals surface area (Å²) in [6, 6.07) is 25.6. The average Bonchev–Trinajstić information content (AvgIpc) is 2.74. The van der Waals surface area contributed by atoms with Gasteiger partial charge in [0.25, 0.3) is 0 Å². The summed E-state index contributed by atoms with van der Waals surface area (Å²) < 4.78 is 0. The fourth-order valence-corrected chi connectivity index (χ4v) is 4.76. The lowest BCUT2D eigenvalue weighted by atomic mass is 9.78. The second-order valence-electron chi connectivity index (χ2n) is 8.79. The first-order valence-corrected chi connectivity index (χ1v) is 11.0. The molecule has 29 heavy (non-hydrogen) atoms. The molecule has 0 radical (unpaired) electrons. The molecule has 3 nitrogen and oxygen atoms in total. The molecule has 1 aliphatic carbocycles. The Morgan fingerprint density at radius 3 is 1.97 bits per heavy atom. The summed E-state index contributed by atoms with van der Waals surface area (Å²) in [4.78, 5) is 5.12. The smallest absolute Gasteiger partial charge is 0.0625 e. The van der Waals surface area contributed by atoms with Crippen molar-refractivity contribution in [3.05, 3.63) is 71.8 Å². The van der Waals surface area contributed by atoms with Crippen molar-refractivity contribution in [1.82, 2.24) is 9.80 Å². The number of hydrogen-bond acceptors (Lipinski definition) is 3. The molecule has 0 saturated heterocycles. The largest absolute Gasteiger partial charge is 0.301 e. The minimum Gasteiger partial charge on any atom is -0.301 e. The Hall–Kier alpha value is -2.15. The van der Waals surface area contributed by atoms with Crippen LogP contribution in [0.2, 0.25) is 0 Å². The van der Waals surface area contributed by atoms with Gasteiger partial charge in [0.15, 0.2) is 0 Å². The van der Waals surface area contributed by atoms with E-state index in [9.17, 15) is 5.26 Å². The topological polar surface area (TPSA) is 30.3 Å². The van der Waals surface area contributed by atoms with Crippen LogP contribution >= 0.6 is 0 Å². The Bertz CT molecular complexity index is 724. The molecule has 2 aromatic carbocycles. The number of nitriles is 1. The Labute approximate surface area is 177 Å². The van der Waals surface area contributed by atoms with Crippen LogP contribution in [0.4, 0.5) is 0 Å². The van der Waals surface area contributed by atoms with E-state index in [2.05, 4.69) is 97.4 Å². The minimum absolute atomic E-state index is 0.423. The SMILES string of the molecule is CC(C)N(C)C1CCC(N(Cc2ccccc2)Cc2ccccc2)C(CC#N)C1. The summed E-state index contributed by atoms with van der Waals surface area (Å²) in [6.45, 7) is 6.41. The molecule has 2 aromatic rings. The van der Waals surface area contributed by atoms with Crippen molar-refractivity contribution in [2.75, 3.05) is 7.05 Å². The molecule has 0 heterocycles. The summed E-state index contributed by atoms with van der Waals surface area (Å²) in [5, 5.41) is 9.55. The minimum atomic E-state index is 0.423. The van der Waals surface area contributed by atoms with Crippen molar-refractivity contribution in [1.29, 1.82) is 5.26 Å². The molecule has 1 saturated carbocycles. The molecule has 0 aromatic heterocycles. The quantitative estimate of drug-likeness (QED) is 0.599. The van der Waals surface area contributed by atoms with E-state index in [4.69, 9.17) is 0 Å². The summed E-state index contributed by atoms with van der Waals surface area (Å²) in [7, 11) is 2.24. The Balaban J connectivity index is 1.81. The maximum Gasteiger partial charge on any atom is 0.0625 e. The zero-order valence-electron chi connectivity index (χ0n) is 18.2. The van der Waals surface area contributed by atoms with Gasteiger partial charge in [-0.25, -0.2) is 0 Å². The van der Waals surface area contributed by atoms with Gasteiger partial charge in [-0.15, -0.1) is 0 Å². The van der Waals surface area contributed by atoms with E-state index in [1.165, 1.54) is 17.5 Å². The predicted octanol–water partition coefficient (Wildman–Crippen LogP) is 5.48. The van der Waals surface area contributed by atoms with E-state index in [1.807, 2.05) is 0 Å². The van der Waals surface area contributed by atoms with Gasteiger partial charge in [-0.1, -0.05) is 60.7 Å². The Morgan fingerprint density at radius 1 is 0.931 bits per heavy atom. The molecule has 154 valence electrons. The van der Waals surface area contributed by atoms with Crippen LogP contribution < -0.4 is 0 Å². The van der Waals surface area contributed by atoms with E-state index in [-0.39, 0.29) is 0 Å². The van der Waals surface area contributed by atoms with Crippen LogP contribution in [0.5, 0.6) is 0 Å². The van der Waals surface area contributed by atoms with Gasteiger partial charge in [0.2, 0.25) is 0 Å². The maximum absolute atomic E-state index is 9.55. The van der Waals surface area contributed by atoms with Crippen LogP contribution in [0.25, 0.3) is 0 Å². The van der Waals surface area contributed by atoms with E-state index >= 15 is 0 Å². The second kappa shape index (κ2) is 10.6. The van der Waals surface area contributed by atoms with Crippen molar-refractivity contribution in [3.8, 4) is 6.07 Å². The van der Waals surface area contributed by atoms with Gasteiger partial charge in [-0.2, -0.15) is 5.26 Å². The lowest BCUT2D eigenvalue weighted by molar-refractivity contribution is 0.0429. The molecule has 3 rings (SSSR count). The van der Waals surface area contributed by atoms with Gasteiger partial charge >= 0.3 is 0 Å². The summed E-state index contributed by atoms with van der Waals surface area (Å²) in [5.41, 5.74) is 2.70. The monoisotopic (exact) mass is 389 g/mol. The third-order valence-corrected chi connectivity index (χ3v) is 6.58. The van der Waals surface area contributed by atoms with Gasteiger partial charge in [-0.05, 0) is 57.2 Å². The fraction of sp³-hybridized carbons (Fsp3) is 0.500. The molecular weight excluding hydrogens is 354 g/mol. The lowest BCUT2D eigenvalue weighted by Crippen LogP contribution is -2.49. The van der Waals surface area contributed by atoms with Crippen LogP contribution in [-0.4, -0.2) is 35.0 Å². The molecule has 3 heteroatoms. The van der Waals surface area contributed by atoms with Crippen molar-refractivity contribution < 1.29 is 0 Å². The summed E-state index contributed by atoms with van der Waals surface area (Å²) >= 11 is 0. The molecule has 3 atom stereocenters. The normalized spacial score (nSPS) is 22.2. The van der Waals surface area contributed by atoms with Crippen LogP contribution in [0.15, 0.2) is 60.7 Å². The molecule has 1 aliphatic rings. The highest BCUT2D eigenvalue weighted by molar-refractivity contribution is 5.17. The van der Waals surface area contributed by atoms with Gasteiger partial charge in [-0.3, -0.25) is 4.90 Å². The van der Waals surface area contributed by atoms with E-state index in [0.717, 1.165) is 25.9 Å². The standard InChI is InChI=1S/C26H35N3/c1-21(2)28(3)25-14-15-26(24(18-25)16-17-27)29(19-22-10-6-4-7-11-22)20-23-12-8-5-9-13-23/h4-13,21,24-26H,14-16,18-20H2,1-3H3. The van der Waals surface area contributed by atoms with Crippen molar-refractivity contribution in [3.63, 3.8) is 0 Å². The summed E-state index contributed by atoms with van der Waals surface area (Å²) in [5.74, 6) is 0.423. The van der Waals surface area contributed by atoms with Crippen LogP contribution in [0.3, 0.4) is 0 Å². The third kappa shape index (κ3) is 5.92. The Morgan fingerprint density at radius 2 is 1.48 bits per heavy atom. The molecule has 3 unspecified atom stereocenters. The first-order chi connectivity index (χ1) is 14.1. The van der Waals surface area contributed by atoms with Gasteiger partial charge in [0, 0.05) is 37.6 Å². The van der Waals surface area contributed by atoms with E-state index in [0.29, 0.717) is 30.5 Å². The van der Waals surface area contributed by atoms with Crippen molar-refractivity contribution in [2.24, 2.45) is 5.92 Å². The van der Waals surface area contributed by atoms with Crippen LogP contribution in [-0.2, 0) is 13.1 Å². The predicted molar refractivity (Wildman–Crippen MR) is 120 cm³/mol. The van der Waals surface area contributed by atoms with Crippen LogP contribution in [0.1, 0.15) is 50.7 Å². The molecule has 1 fully saturated rings. The molecular formula is C26H35N3. The molecule has 0 spiro atoms. The van der Waals surface area contributed by atoms with Crippen molar-refractivity contribution in [2.45, 2.75) is 70.7 Å². The second-order valence-corrected chi connectivity index (χ2v) is 8.79. The fourth-order valence-electron chi connectivity index (χ4n) is 4.76. The van der Waals surface area contributed by atoms with Gasteiger partial charge < -0.3 is 4.90 Å². The molecule has 0 bridgehead atoms. The van der Waals surface area contributed by atoms with Gasteiger partial charge in [0.1, 0.15) is 0 Å². The van der Waals surface area contributed by atoms with Gasteiger partial charge in [0.05, 0.1) is 6.07 Å². The number of nitrogens with zero attached hydrogens (tertiary/aromatic N) is 3. The lowest BCUT2D eigenvalue weighted by Gasteiger charge is -2.45. The highest BCUT2D eigenvalue weighted by atomic mass is 15.2. The molecule has 0 aliphatic heterocycles. The zero-order valence-corrected chi connectivity index (χ0v) is 18.2. The number of hydrogen-bond donors (Lipinski definition) is 0. The Kier molecular flexibility index (Phi) is 7.86. The highest BCUT2D eigenvalue weighted by Crippen LogP contribution is 2.35. The van der Waals surface area contributed by atoms with E-state index in [1.54, 1.807) is 0 Å². The average molecular weight is 390 g/mol. The number of rotatable bonds is 8. The zero-order chi connectivity index (χ0) is 20.6. The first kappa shape index (κ1) is 21.6. The van der Waals surface area contributed by atoms with Crippen LogP contribution in [0, 0.1) is 17.2 Å². The molecule has 0 amide bonds. The summed E-state index contributed by atoms with van der Waals surface area (Å²) in [6.07, 6.45) is 4.13. The van der Waals surface area contributed by atoms with E-state index < -0.39 is 0 Å². The highest BCUT2D eigenvalue weighted by Gasteiger charge is 2.36. The van der Waals surface area contributed by atoms with Crippen molar-refractivity contribution >= 4 is 0 Å². The first-order valence-electron chi connectivity index (χ1n) is 11.0. The molecule has 0 N–H and O–H groups in total.